The summed E-state index contributed by atoms with van der Waals surface area (Å²) in [6, 6.07) is 0. The van der Waals surface area contributed by atoms with E-state index >= 15 is 0 Å². The molecule has 0 saturated heterocycles. The second-order valence-electron chi connectivity index (χ2n) is 0.683. The molecule has 0 unspecified atom stereocenters. The summed E-state index contributed by atoms with van der Waals surface area (Å²) < 4.78 is 0. The Balaban J connectivity index is -0.00000000764. The zero-order chi connectivity index (χ0) is 13.5. The molecule has 1 rings (SSSR count). The maximum Gasteiger partial charge on any atom is 1.00 e. The maximum atomic E-state index is 4.08. The zero-order valence-corrected chi connectivity index (χ0v) is 44.7. The van der Waals surface area contributed by atoms with E-state index in [0.717, 1.165) is 0 Å². The van der Waals surface area contributed by atoms with Crippen LogP contribution in [0.25, 0.3) is 0 Å². The van der Waals surface area contributed by atoms with Crippen LogP contribution in [0.15, 0.2) is 11.8 Å². The number of allylic oxidation sites excluding steroid dienone is 1. The molecule has 0 bridgehead atoms. The SMILES string of the molecule is C[S-].C[S-].C[S-].C[S-].C[S-].[C]1=C=CC#C1.[Hg+].[Hg+].[Hg+].[Hg+].[Hg+]. The van der Waals surface area contributed by atoms with Crippen LogP contribution in [0.3, 0.4) is 0 Å². The minimum Gasteiger partial charge on any atom is -0.796 e. The van der Waals surface area contributed by atoms with Crippen molar-refractivity contribution in [1.29, 1.82) is 0 Å². The van der Waals surface area contributed by atoms with Gasteiger partial charge in [-0.1, -0.05) is 17.6 Å². The Hall–Kier alpha value is 5.51. The van der Waals surface area contributed by atoms with Crippen LogP contribution in [0.2, 0.25) is 0 Å². The van der Waals surface area contributed by atoms with Crippen molar-refractivity contribution in [2.24, 2.45) is 0 Å². The van der Waals surface area contributed by atoms with Crippen LogP contribution in [0.4, 0.5) is 0 Å². The van der Waals surface area contributed by atoms with E-state index in [4.69, 9.17) is 0 Å². The second kappa shape index (κ2) is 123. The van der Waals surface area contributed by atoms with E-state index in [1.54, 1.807) is 37.4 Å². The fourth-order valence-corrected chi connectivity index (χ4v) is 0.180. The largest absolute Gasteiger partial charge is 1.00 e. The van der Waals surface area contributed by atoms with Gasteiger partial charge in [-0.25, -0.2) is 0 Å². The molecule has 0 N–H and O–H groups in total. The summed E-state index contributed by atoms with van der Waals surface area (Å²) in [6.45, 7) is 0. The average Bonchev–Trinajstić information content (AvgIpc) is 3.00. The smallest absolute Gasteiger partial charge is 0.796 e. The van der Waals surface area contributed by atoms with Crippen molar-refractivity contribution >= 4 is 63.1 Å². The Kier molecular flexibility index (Phi) is 391. The van der Waals surface area contributed by atoms with Gasteiger partial charge in [0.25, 0.3) is 0 Å². The van der Waals surface area contributed by atoms with E-state index in [1.165, 1.54) is 0 Å². The fraction of sp³-hybridized carbons (Fsp3) is 0.500. The van der Waals surface area contributed by atoms with Gasteiger partial charge in [-0.2, -0.15) is 31.3 Å². The second-order valence-corrected chi connectivity index (χ2v) is 0.683. The summed E-state index contributed by atoms with van der Waals surface area (Å²) >= 11 is 20.4. The zero-order valence-electron chi connectivity index (χ0n) is 13.2. The van der Waals surface area contributed by atoms with E-state index in [0.29, 0.717) is 0 Å². The Morgan fingerprint density at radius 3 is 0.850 bits per heavy atom. The molecule has 0 aromatic carbocycles. The summed E-state index contributed by atoms with van der Waals surface area (Å²) in [5.74, 6) is 5.18. The molecule has 1 aliphatic carbocycles. The predicted octanol–water partition coefficient (Wildman–Crippen LogP) is 1.32. The minimum absolute atomic E-state index is 0. The minimum atomic E-state index is 0. The molecule has 96 valence electrons. The first-order valence-electron chi connectivity index (χ1n) is 3.37. The van der Waals surface area contributed by atoms with Gasteiger partial charge in [-0.3, -0.25) is 0 Å². The standard InChI is InChI=1S/C5H.5CH4S.5Hg/c1-2-4-5-3-1;5*1-2;;;;;/h1H;5*2H,1H3;;;;;/q;;;;;;5*+1/p-5. The van der Waals surface area contributed by atoms with Gasteiger partial charge >= 0.3 is 138 Å². The third-order valence-electron chi connectivity index (χ3n) is 0.351. The molecule has 0 nitrogen and oxygen atoms in total. The van der Waals surface area contributed by atoms with Crippen molar-refractivity contribution in [3.05, 3.63) is 17.9 Å². The van der Waals surface area contributed by atoms with E-state index < -0.39 is 0 Å². The van der Waals surface area contributed by atoms with Gasteiger partial charge < -0.3 is 63.1 Å². The van der Waals surface area contributed by atoms with E-state index in [9.17, 15) is 0 Å². The van der Waals surface area contributed by atoms with E-state index in [1.807, 2.05) is 0 Å². The van der Waals surface area contributed by atoms with Crippen molar-refractivity contribution in [3.8, 4) is 11.8 Å². The Morgan fingerprint density at radius 1 is 0.550 bits per heavy atom. The van der Waals surface area contributed by atoms with Crippen LogP contribution in [-0.2, 0) is 201 Å². The summed E-state index contributed by atoms with van der Waals surface area (Å²) in [5.41, 5.74) is 2.62. The summed E-state index contributed by atoms with van der Waals surface area (Å²) in [6.07, 6.45) is 12.1. The van der Waals surface area contributed by atoms with Crippen molar-refractivity contribution in [2.75, 3.05) is 31.3 Å². The summed E-state index contributed by atoms with van der Waals surface area (Å²) in [4.78, 5) is 0. The van der Waals surface area contributed by atoms with Crippen LogP contribution in [-0.4, -0.2) is 31.3 Å². The molecule has 0 amide bonds. The van der Waals surface area contributed by atoms with Gasteiger partial charge in [0.1, 0.15) is 0 Å². The number of hydrogen-bond donors (Lipinski definition) is 0. The van der Waals surface area contributed by atoms with E-state index in [-0.39, 0.29) is 138 Å². The Morgan fingerprint density at radius 2 is 0.800 bits per heavy atom. The topological polar surface area (TPSA) is 0 Å². The number of rotatable bonds is 0. The normalized spacial score (nSPS) is 4.30. The first-order valence-corrected chi connectivity index (χ1v) is 7.45. The Labute approximate surface area is 257 Å². The predicted molar refractivity (Wildman–Crippen MR) is 85.5 cm³/mol. The van der Waals surface area contributed by atoms with Crippen LogP contribution in [0.1, 0.15) is 0 Å². The molecule has 0 aromatic rings. The van der Waals surface area contributed by atoms with Crippen molar-refractivity contribution in [3.63, 3.8) is 0 Å². The molecular weight excluding hydrogens is 1280 g/mol. The van der Waals surface area contributed by atoms with Gasteiger partial charge in [-0.05, 0) is 0 Å². The van der Waals surface area contributed by atoms with Crippen LogP contribution in [0.5, 0.6) is 0 Å². The van der Waals surface area contributed by atoms with Gasteiger partial charge in [0.05, 0.1) is 6.08 Å². The monoisotopic (exact) mass is 1310 g/mol. The van der Waals surface area contributed by atoms with Gasteiger partial charge in [0, 0.05) is 6.08 Å². The summed E-state index contributed by atoms with van der Waals surface area (Å²) in [7, 11) is 0. The fourth-order valence-electron chi connectivity index (χ4n) is 0.180. The van der Waals surface area contributed by atoms with Gasteiger partial charge in [0.15, 0.2) is 0 Å². The molecule has 10 heteroatoms. The molecule has 0 fully saturated rings. The molecule has 0 heterocycles. The van der Waals surface area contributed by atoms with Crippen molar-refractivity contribution in [2.45, 2.75) is 0 Å². The van der Waals surface area contributed by atoms with Gasteiger partial charge in [-0.15, -0.1) is 0 Å². The maximum absolute atomic E-state index is 4.08. The molecule has 0 atom stereocenters. The van der Waals surface area contributed by atoms with Crippen molar-refractivity contribution < 1.29 is 138 Å². The molecule has 1 aliphatic rings. The molecule has 20 heavy (non-hydrogen) atoms. The Bertz CT molecular complexity index is 153. The molecule has 0 saturated carbocycles. The first kappa shape index (κ1) is 63.7. The van der Waals surface area contributed by atoms with Gasteiger partial charge in [0.2, 0.25) is 0 Å². The first-order chi connectivity index (χ1) is 7.50. The third-order valence-corrected chi connectivity index (χ3v) is 0.351. The van der Waals surface area contributed by atoms with E-state index in [2.05, 4.69) is 86.8 Å². The number of hydrogen-bond acceptors (Lipinski definition) is 5. The molecule has 6 radical (unpaired) electrons. The van der Waals surface area contributed by atoms with Crippen LogP contribution < -0.4 is 0 Å². The molecule has 0 aromatic heterocycles. The quantitative estimate of drug-likeness (QED) is 0.155. The molecule has 0 aliphatic heterocycles. The van der Waals surface area contributed by atoms with Crippen LogP contribution >= 0.6 is 0 Å². The summed E-state index contributed by atoms with van der Waals surface area (Å²) in [5, 5.41) is 0. The van der Waals surface area contributed by atoms with Crippen molar-refractivity contribution in [1.82, 2.24) is 0 Å². The average molecular weight is 1300 g/mol. The molecule has 0 spiro atoms. The third kappa shape index (κ3) is 108. The van der Waals surface area contributed by atoms with Crippen LogP contribution in [0, 0.1) is 17.9 Å². The molecular formula is C10H16Hg5S5.